The summed E-state index contributed by atoms with van der Waals surface area (Å²) < 4.78 is 40.8. The zero-order valence-corrected chi connectivity index (χ0v) is 15.8. The zero-order valence-electron chi connectivity index (χ0n) is 13.4. The summed E-state index contributed by atoms with van der Waals surface area (Å²) in [6.07, 6.45) is 0. The van der Waals surface area contributed by atoms with Gasteiger partial charge in [-0.1, -0.05) is 47.5 Å². The minimum atomic E-state index is -3.87. The number of hydrogen-bond donors (Lipinski definition) is 0. The van der Waals surface area contributed by atoms with Crippen molar-refractivity contribution in [2.45, 2.75) is 11.4 Å². The summed E-state index contributed by atoms with van der Waals surface area (Å²) in [5.41, 5.74) is 0.918. The summed E-state index contributed by atoms with van der Waals surface area (Å²) in [6.45, 7) is -0.0150. The van der Waals surface area contributed by atoms with Crippen molar-refractivity contribution in [2.75, 3.05) is 4.31 Å². The Morgan fingerprint density at radius 3 is 2.15 bits per heavy atom. The van der Waals surface area contributed by atoms with Crippen LogP contribution in [-0.4, -0.2) is 8.42 Å². The van der Waals surface area contributed by atoms with Gasteiger partial charge in [0.2, 0.25) is 0 Å². The molecule has 3 aromatic rings. The molecule has 0 unspecified atom stereocenters. The number of rotatable bonds is 5. The van der Waals surface area contributed by atoms with Gasteiger partial charge >= 0.3 is 0 Å². The molecule has 0 heterocycles. The average Bonchev–Trinajstić information content (AvgIpc) is 2.63. The van der Waals surface area contributed by atoms with Crippen molar-refractivity contribution in [2.24, 2.45) is 0 Å². The monoisotopic (exact) mass is 409 g/mol. The molecule has 0 aliphatic heterocycles. The highest BCUT2D eigenvalue weighted by molar-refractivity contribution is 7.92. The van der Waals surface area contributed by atoms with Gasteiger partial charge in [-0.15, -0.1) is 0 Å². The van der Waals surface area contributed by atoms with Crippen LogP contribution >= 0.6 is 23.2 Å². The van der Waals surface area contributed by atoms with Crippen LogP contribution in [0, 0.1) is 5.82 Å². The molecular weight excluding hydrogens is 396 g/mol. The normalized spacial score (nSPS) is 11.3. The van der Waals surface area contributed by atoms with Gasteiger partial charge in [-0.05, 0) is 54.1 Å². The molecule has 0 aliphatic rings. The van der Waals surface area contributed by atoms with E-state index in [4.69, 9.17) is 23.2 Å². The van der Waals surface area contributed by atoms with Crippen LogP contribution in [0.2, 0.25) is 10.0 Å². The van der Waals surface area contributed by atoms with Crippen LogP contribution in [0.5, 0.6) is 0 Å². The van der Waals surface area contributed by atoms with Crippen molar-refractivity contribution >= 4 is 38.9 Å². The lowest BCUT2D eigenvalue weighted by Gasteiger charge is -2.25. The predicted molar refractivity (Wildman–Crippen MR) is 103 cm³/mol. The first kappa shape index (κ1) is 18.7. The van der Waals surface area contributed by atoms with Crippen molar-refractivity contribution < 1.29 is 12.8 Å². The van der Waals surface area contributed by atoms with E-state index in [0.29, 0.717) is 21.3 Å². The summed E-state index contributed by atoms with van der Waals surface area (Å²) in [4.78, 5) is 0.134. The molecule has 0 bridgehead atoms. The van der Waals surface area contributed by atoms with Gasteiger partial charge in [0.15, 0.2) is 0 Å². The molecule has 0 aromatic heterocycles. The molecule has 3 nitrogen and oxygen atoms in total. The maximum Gasteiger partial charge on any atom is 0.264 e. The largest absolute Gasteiger partial charge is 0.264 e. The molecular formula is C19H14Cl2FNO2S. The van der Waals surface area contributed by atoms with Gasteiger partial charge in [-0.3, -0.25) is 4.31 Å². The lowest BCUT2D eigenvalue weighted by molar-refractivity contribution is 0.590. The lowest BCUT2D eigenvalue weighted by atomic mass is 10.2. The van der Waals surface area contributed by atoms with Gasteiger partial charge in [0.25, 0.3) is 10.0 Å². The first-order valence-electron chi connectivity index (χ1n) is 7.65. The molecule has 26 heavy (non-hydrogen) atoms. The summed E-state index contributed by atoms with van der Waals surface area (Å²) in [5, 5.41) is 0.811. The first-order chi connectivity index (χ1) is 12.4. The predicted octanol–water partition coefficient (Wildman–Crippen LogP) is 5.53. The Hall–Kier alpha value is -2.08. The average molecular weight is 410 g/mol. The first-order valence-corrected chi connectivity index (χ1v) is 9.85. The quantitative estimate of drug-likeness (QED) is 0.555. The maximum atomic E-state index is 13.3. The van der Waals surface area contributed by atoms with E-state index in [-0.39, 0.29) is 11.4 Å². The number of hydrogen-bond acceptors (Lipinski definition) is 2. The molecule has 0 N–H and O–H groups in total. The van der Waals surface area contributed by atoms with Gasteiger partial charge < -0.3 is 0 Å². The van der Waals surface area contributed by atoms with Gasteiger partial charge in [0.1, 0.15) is 5.82 Å². The summed E-state index contributed by atoms with van der Waals surface area (Å²) in [6, 6.07) is 18.2. The van der Waals surface area contributed by atoms with E-state index in [0.717, 1.165) is 0 Å². The summed E-state index contributed by atoms with van der Waals surface area (Å²) in [5.74, 6) is -0.449. The number of halogens is 3. The van der Waals surface area contributed by atoms with Crippen molar-refractivity contribution in [3.05, 3.63) is 94.2 Å². The number of nitrogens with zero attached hydrogens (tertiary/aromatic N) is 1. The van der Waals surface area contributed by atoms with Crippen LogP contribution in [0.4, 0.5) is 10.1 Å². The molecule has 134 valence electrons. The van der Waals surface area contributed by atoms with E-state index < -0.39 is 15.8 Å². The van der Waals surface area contributed by atoms with Crippen LogP contribution in [0.15, 0.2) is 77.7 Å². The lowest BCUT2D eigenvalue weighted by Crippen LogP contribution is -2.30. The minimum absolute atomic E-state index is 0.0150. The third kappa shape index (κ3) is 4.01. The number of benzene rings is 3. The highest BCUT2D eigenvalue weighted by Crippen LogP contribution is 2.29. The summed E-state index contributed by atoms with van der Waals surface area (Å²) in [7, 11) is -3.87. The molecule has 0 saturated heterocycles. The van der Waals surface area contributed by atoms with Gasteiger partial charge in [-0.25, -0.2) is 12.8 Å². The molecule has 7 heteroatoms. The van der Waals surface area contributed by atoms with E-state index in [9.17, 15) is 12.8 Å². The van der Waals surface area contributed by atoms with Gasteiger partial charge in [-0.2, -0.15) is 0 Å². The van der Waals surface area contributed by atoms with E-state index in [1.165, 1.54) is 40.7 Å². The van der Waals surface area contributed by atoms with Crippen molar-refractivity contribution in [3.63, 3.8) is 0 Å². The van der Waals surface area contributed by atoms with Crippen LogP contribution in [0.25, 0.3) is 0 Å². The Bertz CT molecular complexity index is 1010. The van der Waals surface area contributed by atoms with E-state index in [1.807, 2.05) is 0 Å². The second-order valence-corrected chi connectivity index (χ2v) is 8.24. The van der Waals surface area contributed by atoms with Crippen molar-refractivity contribution in [1.82, 2.24) is 0 Å². The van der Waals surface area contributed by atoms with Gasteiger partial charge in [0, 0.05) is 10.0 Å². The van der Waals surface area contributed by atoms with Crippen LogP contribution in [0.1, 0.15) is 5.56 Å². The molecule has 0 spiro atoms. The Labute approximate surface area is 161 Å². The third-order valence-corrected chi connectivity index (χ3v) is 6.15. The molecule has 0 amide bonds. The third-order valence-electron chi connectivity index (χ3n) is 3.77. The standard InChI is InChI=1S/C19H14Cl2FNO2S/c20-15-7-6-14(19(21)12-15)13-23(17-10-8-16(22)9-11-17)26(24,25)18-4-2-1-3-5-18/h1-12H,13H2. The van der Waals surface area contributed by atoms with Crippen LogP contribution in [-0.2, 0) is 16.6 Å². The fourth-order valence-electron chi connectivity index (χ4n) is 2.45. The second-order valence-electron chi connectivity index (χ2n) is 5.54. The van der Waals surface area contributed by atoms with E-state index in [2.05, 4.69) is 0 Å². The smallest absolute Gasteiger partial charge is 0.262 e. The van der Waals surface area contributed by atoms with E-state index in [1.54, 1.807) is 36.4 Å². The Balaban J connectivity index is 2.09. The van der Waals surface area contributed by atoms with E-state index >= 15 is 0 Å². The Morgan fingerprint density at radius 1 is 0.885 bits per heavy atom. The zero-order chi connectivity index (χ0) is 18.7. The fraction of sp³-hybridized carbons (Fsp3) is 0.0526. The number of sulfonamides is 1. The molecule has 0 aliphatic carbocycles. The SMILES string of the molecule is O=S(=O)(c1ccccc1)N(Cc1ccc(Cl)cc1Cl)c1ccc(F)cc1. The molecule has 3 rings (SSSR count). The molecule has 0 atom stereocenters. The van der Waals surface area contributed by atoms with Gasteiger partial charge in [0.05, 0.1) is 17.1 Å². The van der Waals surface area contributed by atoms with Crippen molar-refractivity contribution in [1.29, 1.82) is 0 Å². The highest BCUT2D eigenvalue weighted by Gasteiger charge is 2.25. The molecule has 0 fully saturated rings. The second kappa shape index (κ2) is 7.66. The minimum Gasteiger partial charge on any atom is -0.262 e. The Kier molecular flexibility index (Phi) is 5.51. The molecule has 0 saturated carbocycles. The highest BCUT2D eigenvalue weighted by atomic mass is 35.5. The fourth-order valence-corrected chi connectivity index (χ4v) is 4.38. The Morgan fingerprint density at radius 2 is 1.54 bits per heavy atom. The molecule has 0 radical (unpaired) electrons. The maximum absolute atomic E-state index is 13.3. The van der Waals surface area contributed by atoms with Crippen molar-refractivity contribution in [3.8, 4) is 0 Å². The topological polar surface area (TPSA) is 37.4 Å². The molecule has 3 aromatic carbocycles. The number of anilines is 1. The van der Waals surface area contributed by atoms with Crippen LogP contribution in [0.3, 0.4) is 0 Å². The van der Waals surface area contributed by atoms with Crippen LogP contribution < -0.4 is 4.31 Å². The summed E-state index contributed by atoms with van der Waals surface area (Å²) >= 11 is 12.1.